The van der Waals surface area contributed by atoms with Crippen LogP contribution in [0.25, 0.3) is 0 Å². The molecular formula is C27H55NO2P+. The summed E-state index contributed by atoms with van der Waals surface area (Å²) in [5.41, 5.74) is 0.0517. The maximum absolute atomic E-state index is 12.0. The van der Waals surface area contributed by atoms with Gasteiger partial charge in [0.2, 0.25) is 5.52 Å². The number of nitrogens with zero attached hydrogens (tertiary/aromatic N) is 1. The lowest BCUT2D eigenvalue weighted by Gasteiger charge is -2.23. The summed E-state index contributed by atoms with van der Waals surface area (Å²) in [4.78, 5) is 22.0. The van der Waals surface area contributed by atoms with Crippen molar-refractivity contribution < 1.29 is 14.2 Å². The van der Waals surface area contributed by atoms with Gasteiger partial charge in [-0.15, -0.1) is 0 Å². The van der Waals surface area contributed by atoms with Crippen molar-refractivity contribution in [3.8, 4) is 0 Å². The molecule has 0 radical (unpaired) electrons. The summed E-state index contributed by atoms with van der Waals surface area (Å²) in [6.45, 7) is 2.72. The molecule has 31 heavy (non-hydrogen) atoms. The standard InChI is InChI=1S/C27H55NO2P/c1-5-6-7-8-9-10-11-12-13-14-15-16-17-18-19-20-21-22-23-24-25-31(30)27(29)26-28(2,3)4/h12-13,30H,5-11,14-26H2,1-4H3/q+1/b13-12-. The van der Waals surface area contributed by atoms with E-state index in [9.17, 15) is 9.69 Å². The Kier molecular flexibility index (Phi) is 21.4. The van der Waals surface area contributed by atoms with E-state index in [4.69, 9.17) is 0 Å². The maximum Gasteiger partial charge on any atom is 0.234 e. The lowest BCUT2D eigenvalue weighted by atomic mass is 10.1. The number of rotatable bonds is 23. The quantitative estimate of drug-likeness (QED) is 0.0728. The first-order valence-electron chi connectivity index (χ1n) is 13.3. The number of carbonyl (C=O) groups excluding carboxylic acids is 1. The van der Waals surface area contributed by atoms with Gasteiger partial charge in [0.05, 0.1) is 21.1 Å². The highest BCUT2D eigenvalue weighted by Gasteiger charge is 2.21. The molecular weight excluding hydrogens is 401 g/mol. The normalized spacial score (nSPS) is 13.2. The molecule has 0 amide bonds. The molecule has 0 rings (SSSR count). The Hall–Kier alpha value is -0.240. The molecule has 4 heteroatoms. The van der Waals surface area contributed by atoms with Gasteiger partial charge in [0, 0.05) is 0 Å². The van der Waals surface area contributed by atoms with Crippen LogP contribution in [0.2, 0.25) is 0 Å². The van der Waals surface area contributed by atoms with Crippen LogP contribution in [0.1, 0.15) is 122 Å². The highest BCUT2D eigenvalue weighted by atomic mass is 31.1. The number of hydrogen-bond donors (Lipinski definition) is 1. The van der Waals surface area contributed by atoms with Gasteiger partial charge >= 0.3 is 0 Å². The molecule has 0 aromatic carbocycles. The predicted octanol–water partition coefficient (Wildman–Crippen LogP) is 8.21. The molecule has 1 atom stereocenters. The van der Waals surface area contributed by atoms with Crippen LogP contribution in [-0.4, -0.2) is 48.8 Å². The van der Waals surface area contributed by atoms with E-state index in [1.807, 2.05) is 21.1 Å². The zero-order valence-corrected chi connectivity index (χ0v) is 22.4. The summed E-state index contributed by atoms with van der Waals surface area (Å²) in [6.07, 6.45) is 29.3. The Labute approximate surface area is 196 Å². The van der Waals surface area contributed by atoms with E-state index in [0.717, 1.165) is 12.8 Å². The maximum atomic E-state index is 12.0. The first-order chi connectivity index (χ1) is 14.9. The highest BCUT2D eigenvalue weighted by Crippen LogP contribution is 2.33. The molecule has 184 valence electrons. The lowest BCUT2D eigenvalue weighted by molar-refractivity contribution is -0.861. The van der Waals surface area contributed by atoms with Crippen molar-refractivity contribution in [2.75, 3.05) is 33.8 Å². The summed E-state index contributed by atoms with van der Waals surface area (Å²) < 4.78 is 0.605. The minimum atomic E-state index is -1.41. The van der Waals surface area contributed by atoms with Gasteiger partial charge in [0.15, 0.2) is 0 Å². The summed E-state index contributed by atoms with van der Waals surface area (Å²) in [6, 6.07) is 0. The van der Waals surface area contributed by atoms with Crippen LogP contribution >= 0.6 is 8.15 Å². The molecule has 0 bridgehead atoms. The Balaban J connectivity index is 3.28. The number of carbonyl (C=O) groups is 1. The topological polar surface area (TPSA) is 37.3 Å². The minimum absolute atomic E-state index is 0.0517. The second kappa shape index (κ2) is 21.6. The Morgan fingerprint density at radius 1 is 0.677 bits per heavy atom. The van der Waals surface area contributed by atoms with Crippen molar-refractivity contribution in [2.24, 2.45) is 0 Å². The second-order valence-corrected chi connectivity index (χ2v) is 12.1. The highest BCUT2D eigenvalue weighted by molar-refractivity contribution is 7.69. The molecule has 1 N–H and O–H groups in total. The molecule has 0 saturated carbocycles. The Morgan fingerprint density at radius 2 is 1.06 bits per heavy atom. The number of unbranched alkanes of at least 4 members (excludes halogenated alkanes) is 16. The van der Waals surface area contributed by atoms with Crippen molar-refractivity contribution in [1.29, 1.82) is 0 Å². The fourth-order valence-corrected chi connectivity index (χ4v) is 5.19. The number of hydrogen-bond acceptors (Lipinski definition) is 2. The molecule has 0 heterocycles. The van der Waals surface area contributed by atoms with Crippen molar-refractivity contribution in [3.63, 3.8) is 0 Å². The summed E-state index contributed by atoms with van der Waals surface area (Å²) in [5.74, 6) is 0. The van der Waals surface area contributed by atoms with Crippen LogP contribution in [-0.2, 0) is 4.79 Å². The smallest absolute Gasteiger partial charge is 0.234 e. The fourth-order valence-electron chi connectivity index (χ4n) is 3.83. The first-order valence-corrected chi connectivity index (χ1v) is 14.8. The van der Waals surface area contributed by atoms with Crippen molar-refractivity contribution in [2.45, 2.75) is 122 Å². The Morgan fingerprint density at radius 3 is 1.48 bits per heavy atom. The molecule has 0 aliphatic heterocycles. The molecule has 0 aliphatic carbocycles. The van der Waals surface area contributed by atoms with E-state index in [-0.39, 0.29) is 5.52 Å². The zero-order chi connectivity index (χ0) is 23.2. The van der Waals surface area contributed by atoms with Crippen LogP contribution in [0.3, 0.4) is 0 Å². The molecule has 0 aliphatic rings. The van der Waals surface area contributed by atoms with Gasteiger partial charge in [-0.05, 0) is 38.3 Å². The molecule has 0 fully saturated rings. The number of allylic oxidation sites excluding steroid dienone is 2. The molecule has 0 aromatic heterocycles. The summed E-state index contributed by atoms with van der Waals surface area (Å²) >= 11 is 0. The number of quaternary nitrogens is 1. The number of likely N-dealkylation sites (N-methyl/N-ethyl adjacent to an activating group) is 1. The summed E-state index contributed by atoms with van der Waals surface area (Å²) in [5, 5.41) is 0. The SMILES string of the molecule is CCCCCCCC/C=C\CCCCCCCCCCCCP(O)C(=O)C[N+](C)(C)C. The van der Waals surface area contributed by atoms with Gasteiger partial charge in [-0.1, -0.05) is 103 Å². The van der Waals surface area contributed by atoms with E-state index in [0.29, 0.717) is 17.2 Å². The van der Waals surface area contributed by atoms with Crippen LogP contribution in [0.4, 0.5) is 0 Å². The lowest BCUT2D eigenvalue weighted by Crippen LogP contribution is -2.39. The van der Waals surface area contributed by atoms with E-state index in [1.54, 1.807) is 0 Å². The largest absolute Gasteiger partial charge is 0.366 e. The van der Waals surface area contributed by atoms with E-state index < -0.39 is 8.15 Å². The fraction of sp³-hybridized carbons (Fsp3) is 0.889. The third kappa shape index (κ3) is 24.2. The van der Waals surface area contributed by atoms with Crippen LogP contribution in [0.5, 0.6) is 0 Å². The van der Waals surface area contributed by atoms with Crippen molar-refractivity contribution >= 4 is 13.7 Å². The van der Waals surface area contributed by atoms with E-state index in [2.05, 4.69) is 19.1 Å². The van der Waals surface area contributed by atoms with Crippen LogP contribution < -0.4 is 0 Å². The third-order valence-electron chi connectivity index (χ3n) is 5.78. The molecule has 3 nitrogen and oxygen atoms in total. The molecule has 1 unspecified atom stereocenters. The average molecular weight is 457 g/mol. The molecule has 0 saturated heterocycles. The van der Waals surface area contributed by atoms with Crippen LogP contribution in [0, 0.1) is 0 Å². The minimum Gasteiger partial charge on any atom is -0.366 e. The summed E-state index contributed by atoms with van der Waals surface area (Å²) in [7, 11) is 4.58. The van der Waals surface area contributed by atoms with Gasteiger partial charge in [-0.2, -0.15) is 0 Å². The molecule has 0 spiro atoms. The van der Waals surface area contributed by atoms with Gasteiger partial charge in [-0.25, -0.2) is 0 Å². The van der Waals surface area contributed by atoms with Crippen molar-refractivity contribution in [3.05, 3.63) is 12.2 Å². The second-order valence-electron chi connectivity index (χ2n) is 10.3. The van der Waals surface area contributed by atoms with E-state index >= 15 is 0 Å². The zero-order valence-electron chi connectivity index (χ0n) is 21.5. The Bertz CT molecular complexity index is 431. The van der Waals surface area contributed by atoms with Gasteiger partial charge < -0.3 is 9.38 Å². The van der Waals surface area contributed by atoms with E-state index in [1.165, 1.54) is 103 Å². The van der Waals surface area contributed by atoms with Crippen LogP contribution in [0.15, 0.2) is 12.2 Å². The van der Waals surface area contributed by atoms with Gasteiger partial charge in [0.25, 0.3) is 0 Å². The van der Waals surface area contributed by atoms with Gasteiger partial charge in [-0.3, -0.25) is 4.79 Å². The first kappa shape index (κ1) is 30.8. The predicted molar refractivity (Wildman–Crippen MR) is 140 cm³/mol. The molecule has 0 aromatic rings. The van der Waals surface area contributed by atoms with Crippen molar-refractivity contribution in [1.82, 2.24) is 0 Å². The third-order valence-corrected chi connectivity index (χ3v) is 7.24. The monoisotopic (exact) mass is 456 g/mol. The average Bonchev–Trinajstić information content (AvgIpc) is 2.71. The van der Waals surface area contributed by atoms with Gasteiger partial charge in [0.1, 0.15) is 14.7 Å².